The molecule has 0 aromatic heterocycles. The van der Waals surface area contributed by atoms with Gasteiger partial charge in [0, 0.05) is 19.3 Å². The summed E-state index contributed by atoms with van der Waals surface area (Å²) in [6.45, 7) is 8.62. The van der Waals surface area contributed by atoms with Gasteiger partial charge in [0.1, 0.15) is 5.75 Å². The van der Waals surface area contributed by atoms with E-state index in [0.717, 1.165) is 56.6 Å². The van der Waals surface area contributed by atoms with E-state index in [4.69, 9.17) is 9.47 Å². The summed E-state index contributed by atoms with van der Waals surface area (Å²) in [5, 5.41) is 0. The lowest BCUT2D eigenvalue weighted by Gasteiger charge is -2.38. The molecule has 1 unspecified atom stereocenters. The van der Waals surface area contributed by atoms with Crippen LogP contribution in [0.2, 0.25) is 0 Å². The third kappa shape index (κ3) is 4.81. The van der Waals surface area contributed by atoms with Crippen LogP contribution >= 0.6 is 0 Å². The SMILES string of the molecule is CCC1CCc2cc(C(C)C)ccc2N1S(=O)(=O)c1ccc(OCC2CCOCC2)cc1. The highest BCUT2D eigenvalue weighted by atomic mass is 32.2. The maximum absolute atomic E-state index is 13.7. The summed E-state index contributed by atoms with van der Waals surface area (Å²) < 4.78 is 40.4. The maximum Gasteiger partial charge on any atom is 0.264 e. The molecule has 0 radical (unpaired) electrons. The van der Waals surface area contributed by atoms with Crippen molar-refractivity contribution >= 4 is 15.7 Å². The first-order chi connectivity index (χ1) is 15.4. The van der Waals surface area contributed by atoms with Crippen LogP contribution in [0.3, 0.4) is 0 Å². The Morgan fingerprint density at radius 3 is 2.44 bits per heavy atom. The second kappa shape index (κ2) is 9.84. The van der Waals surface area contributed by atoms with Gasteiger partial charge in [-0.3, -0.25) is 4.31 Å². The number of fused-ring (bicyclic) bond motifs is 1. The zero-order chi connectivity index (χ0) is 22.7. The Kier molecular flexibility index (Phi) is 7.11. The summed E-state index contributed by atoms with van der Waals surface area (Å²) in [6, 6.07) is 13.1. The molecule has 1 atom stereocenters. The Labute approximate surface area is 192 Å². The van der Waals surface area contributed by atoms with Gasteiger partial charge >= 0.3 is 0 Å². The number of ether oxygens (including phenoxy) is 2. The van der Waals surface area contributed by atoms with Crippen molar-refractivity contribution in [1.29, 1.82) is 0 Å². The summed E-state index contributed by atoms with van der Waals surface area (Å²) in [6.07, 6.45) is 4.57. The predicted molar refractivity (Wildman–Crippen MR) is 128 cm³/mol. The lowest BCUT2D eigenvalue weighted by Crippen LogP contribution is -2.43. The molecule has 174 valence electrons. The van der Waals surface area contributed by atoms with E-state index in [-0.39, 0.29) is 6.04 Å². The molecular weight excluding hydrogens is 422 g/mol. The highest BCUT2D eigenvalue weighted by molar-refractivity contribution is 7.92. The van der Waals surface area contributed by atoms with E-state index in [2.05, 4.69) is 32.9 Å². The third-order valence-electron chi connectivity index (χ3n) is 6.76. The first kappa shape index (κ1) is 23.1. The quantitative estimate of drug-likeness (QED) is 0.548. The van der Waals surface area contributed by atoms with Crippen molar-refractivity contribution in [2.24, 2.45) is 5.92 Å². The minimum absolute atomic E-state index is 0.0261. The van der Waals surface area contributed by atoms with Crippen molar-refractivity contribution in [1.82, 2.24) is 0 Å². The molecule has 2 heterocycles. The lowest BCUT2D eigenvalue weighted by atomic mass is 9.92. The van der Waals surface area contributed by atoms with E-state index < -0.39 is 10.0 Å². The van der Waals surface area contributed by atoms with Gasteiger partial charge in [-0.05, 0) is 85.4 Å². The number of hydrogen-bond donors (Lipinski definition) is 0. The number of rotatable bonds is 7. The normalized spacial score (nSPS) is 19.8. The maximum atomic E-state index is 13.7. The van der Waals surface area contributed by atoms with E-state index >= 15 is 0 Å². The molecule has 1 fully saturated rings. The Hall–Kier alpha value is -2.05. The van der Waals surface area contributed by atoms with Crippen molar-refractivity contribution in [2.45, 2.75) is 69.7 Å². The Bertz CT molecular complexity index is 1010. The molecule has 1 saturated heterocycles. The summed E-state index contributed by atoms with van der Waals surface area (Å²) in [5.74, 6) is 1.63. The molecule has 0 saturated carbocycles. The fraction of sp³-hybridized carbons (Fsp3) is 0.538. The van der Waals surface area contributed by atoms with Crippen molar-refractivity contribution in [3.05, 3.63) is 53.6 Å². The van der Waals surface area contributed by atoms with Crippen LogP contribution in [0.5, 0.6) is 5.75 Å². The molecule has 0 bridgehead atoms. The summed E-state index contributed by atoms with van der Waals surface area (Å²) in [5.41, 5.74) is 3.20. The second-order valence-electron chi connectivity index (χ2n) is 9.28. The van der Waals surface area contributed by atoms with E-state index in [0.29, 0.717) is 29.1 Å². The fourth-order valence-electron chi connectivity index (χ4n) is 4.66. The van der Waals surface area contributed by atoms with Crippen LogP contribution in [0.1, 0.15) is 63.5 Å². The van der Waals surface area contributed by atoms with Crippen LogP contribution < -0.4 is 9.04 Å². The molecule has 0 N–H and O–H groups in total. The van der Waals surface area contributed by atoms with Gasteiger partial charge in [-0.15, -0.1) is 0 Å². The predicted octanol–water partition coefficient (Wildman–Crippen LogP) is 5.54. The van der Waals surface area contributed by atoms with Crippen molar-refractivity contribution in [3.8, 4) is 5.75 Å². The molecule has 4 rings (SSSR count). The summed E-state index contributed by atoms with van der Waals surface area (Å²) >= 11 is 0. The zero-order valence-corrected chi connectivity index (χ0v) is 20.2. The fourth-order valence-corrected chi connectivity index (χ4v) is 6.45. The number of anilines is 1. The van der Waals surface area contributed by atoms with E-state index in [1.54, 1.807) is 28.6 Å². The van der Waals surface area contributed by atoms with Crippen LogP contribution in [0, 0.1) is 5.92 Å². The number of hydrogen-bond acceptors (Lipinski definition) is 4. The monoisotopic (exact) mass is 457 g/mol. The van der Waals surface area contributed by atoms with Gasteiger partial charge < -0.3 is 9.47 Å². The van der Waals surface area contributed by atoms with Gasteiger partial charge in [-0.2, -0.15) is 0 Å². The number of aryl methyl sites for hydroxylation is 1. The average Bonchev–Trinajstić information content (AvgIpc) is 2.82. The van der Waals surface area contributed by atoms with Crippen LogP contribution in [0.25, 0.3) is 0 Å². The second-order valence-corrected chi connectivity index (χ2v) is 11.1. The zero-order valence-electron chi connectivity index (χ0n) is 19.4. The van der Waals surface area contributed by atoms with Gasteiger partial charge in [0.2, 0.25) is 0 Å². The third-order valence-corrected chi connectivity index (χ3v) is 8.65. The van der Waals surface area contributed by atoms with Gasteiger partial charge in [-0.1, -0.05) is 32.9 Å². The van der Waals surface area contributed by atoms with Crippen LogP contribution in [0.15, 0.2) is 47.4 Å². The van der Waals surface area contributed by atoms with Crippen molar-refractivity contribution in [3.63, 3.8) is 0 Å². The van der Waals surface area contributed by atoms with E-state index in [9.17, 15) is 8.42 Å². The standard InChI is InChI=1S/C26H35NO4S/c1-4-23-7-5-22-17-21(19(2)3)6-12-26(22)27(23)32(28,29)25-10-8-24(9-11-25)31-18-20-13-15-30-16-14-20/h6,8-12,17,19-20,23H,4-5,7,13-16,18H2,1-3H3. The van der Waals surface area contributed by atoms with Crippen molar-refractivity contribution < 1.29 is 17.9 Å². The molecule has 0 amide bonds. The highest BCUT2D eigenvalue weighted by Gasteiger charge is 2.35. The topological polar surface area (TPSA) is 55.8 Å². The van der Waals surface area contributed by atoms with Gasteiger partial charge in [0.15, 0.2) is 0 Å². The molecular formula is C26H35NO4S. The molecule has 2 aliphatic rings. The van der Waals surface area contributed by atoms with E-state index in [1.165, 1.54) is 5.56 Å². The minimum atomic E-state index is -3.66. The number of sulfonamides is 1. The lowest BCUT2D eigenvalue weighted by molar-refractivity contribution is 0.0497. The summed E-state index contributed by atoms with van der Waals surface area (Å²) in [4.78, 5) is 0.315. The molecule has 2 aromatic carbocycles. The molecule has 0 spiro atoms. The van der Waals surface area contributed by atoms with Crippen molar-refractivity contribution in [2.75, 3.05) is 24.1 Å². The molecule has 5 nitrogen and oxygen atoms in total. The first-order valence-corrected chi connectivity index (χ1v) is 13.3. The largest absolute Gasteiger partial charge is 0.493 e. The van der Waals surface area contributed by atoms with Gasteiger partial charge in [-0.25, -0.2) is 8.42 Å². The molecule has 2 aromatic rings. The first-order valence-electron chi connectivity index (χ1n) is 11.9. The van der Waals surface area contributed by atoms with Crippen LogP contribution in [0.4, 0.5) is 5.69 Å². The highest BCUT2D eigenvalue weighted by Crippen LogP contribution is 2.38. The van der Waals surface area contributed by atoms with Gasteiger partial charge in [0.25, 0.3) is 10.0 Å². The number of benzene rings is 2. The molecule has 6 heteroatoms. The molecule has 0 aliphatic carbocycles. The van der Waals surface area contributed by atoms with Crippen LogP contribution in [-0.4, -0.2) is 34.3 Å². The molecule has 32 heavy (non-hydrogen) atoms. The minimum Gasteiger partial charge on any atom is -0.493 e. The van der Waals surface area contributed by atoms with Crippen LogP contribution in [-0.2, 0) is 21.2 Å². The smallest absolute Gasteiger partial charge is 0.264 e. The van der Waals surface area contributed by atoms with E-state index in [1.807, 2.05) is 6.07 Å². The Morgan fingerprint density at radius 1 is 1.06 bits per heavy atom. The summed E-state index contributed by atoms with van der Waals surface area (Å²) in [7, 11) is -3.66. The molecule has 2 aliphatic heterocycles. The Morgan fingerprint density at radius 2 is 1.78 bits per heavy atom. The van der Waals surface area contributed by atoms with Gasteiger partial charge in [0.05, 0.1) is 17.2 Å². The average molecular weight is 458 g/mol. The Balaban J connectivity index is 1.56. The number of nitrogens with zero attached hydrogens (tertiary/aromatic N) is 1.